The van der Waals surface area contributed by atoms with Gasteiger partial charge in [-0.2, -0.15) is 0 Å². The van der Waals surface area contributed by atoms with Gasteiger partial charge in [0.05, 0.1) is 6.42 Å². The van der Waals surface area contributed by atoms with Crippen LogP contribution in [-0.2, 0) is 22.6 Å². The molecule has 4 nitrogen and oxygen atoms in total. The highest BCUT2D eigenvalue weighted by molar-refractivity contribution is 9.10. The van der Waals surface area contributed by atoms with Crippen molar-refractivity contribution in [2.24, 2.45) is 0 Å². The first-order chi connectivity index (χ1) is 12.1. The Labute approximate surface area is 156 Å². The zero-order valence-electron chi connectivity index (χ0n) is 14.2. The molecule has 0 aliphatic carbocycles. The van der Waals surface area contributed by atoms with E-state index in [1.807, 2.05) is 55.5 Å². The summed E-state index contributed by atoms with van der Waals surface area (Å²) in [4.78, 5) is 27.1. The van der Waals surface area contributed by atoms with E-state index in [0.29, 0.717) is 19.5 Å². The third-order valence-corrected chi connectivity index (χ3v) is 4.94. The van der Waals surface area contributed by atoms with Crippen LogP contribution in [0.5, 0.6) is 0 Å². The van der Waals surface area contributed by atoms with Crippen LogP contribution >= 0.6 is 15.9 Å². The number of hydrogen-bond donors (Lipinski definition) is 1. The molecular formula is C20H21BrN2O2. The van der Waals surface area contributed by atoms with Gasteiger partial charge in [0, 0.05) is 17.6 Å². The molecule has 0 saturated heterocycles. The van der Waals surface area contributed by atoms with Gasteiger partial charge in [0.1, 0.15) is 6.04 Å². The number of fused-ring (bicyclic) bond motifs is 1. The van der Waals surface area contributed by atoms with Crippen molar-refractivity contribution in [2.45, 2.75) is 32.4 Å². The molecule has 1 N–H and O–H groups in total. The van der Waals surface area contributed by atoms with Crippen LogP contribution in [0.4, 0.5) is 0 Å². The lowest BCUT2D eigenvalue weighted by Gasteiger charge is -2.36. The number of rotatable bonds is 5. The number of carbonyl (C=O) groups excluding carboxylic acids is 2. The standard InChI is InChI=1S/C20H21BrN2O2/c1-2-11-23-18(24)12-15-5-3-4-6-17(15)19(23)20(25)22-13-14-7-9-16(21)10-8-14/h3-10,19H,2,11-13H2,1H3,(H,22,25)/t19-/m0/s1. The Morgan fingerprint density at radius 1 is 1.20 bits per heavy atom. The molecule has 0 spiro atoms. The van der Waals surface area contributed by atoms with Crippen molar-refractivity contribution < 1.29 is 9.59 Å². The minimum absolute atomic E-state index is 0.0179. The molecule has 1 aliphatic rings. The quantitative estimate of drug-likeness (QED) is 0.833. The van der Waals surface area contributed by atoms with E-state index in [0.717, 1.165) is 27.6 Å². The first kappa shape index (κ1) is 17.7. The van der Waals surface area contributed by atoms with Gasteiger partial charge >= 0.3 is 0 Å². The number of halogens is 1. The summed E-state index contributed by atoms with van der Waals surface area (Å²) in [5, 5.41) is 2.99. The lowest BCUT2D eigenvalue weighted by atomic mass is 9.91. The molecule has 0 bridgehead atoms. The monoisotopic (exact) mass is 400 g/mol. The van der Waals surface area contributed by atoms with Gasteiger partial charge in [-0.15, -0.1) is 0 Å². The second-order valence-corrected chi connectivity index (χ2v) is 7.13. The lowest BCUT2D eigenvalue weighted by Crippen LogP contribution is -2.47. The maximum absolute atomic E-state index is 12.9. The van der Waals surface area contributed by atoms with E-state index in [4.69, 9.17) is 0 Å². The van der Waals surface area contributed by atoms with Gasteiger partial charge in [0.25, 0.3) is 0 Å². The predicted octanol–water partition coefficient (Wildman–Crippen LogP) is 3.60. The topological polar surface area (TPSA) is 49.4 Å². The predicted molar refractivity (Wildman–Crippen MR) is 101 cm³/mol. The molecule has 2 amide bonds. The van der Waals surface area contributed by atoms with Gasteiger partial charge < -0.3 is 10.2 Å². The Morgan fingerprint density at radius 2 is 1.92 bits per heavy atom. The molecule has 0 radical (unpaired) electrons. The summed E-state index contributed by atoms with van der Waals surface area (Å²) < 4.78 is 1.00. The van der Waals surface area contributed by atoms with Crippen molar-refractivity contribution in [1.29, 1.82) is 0 Å². The lowest BCUT2D eigenvalue weighted by molar-refractivity contribution is -0.141. The Hall–Kier alpha value is -2.14. The maximum Gasteiger partial charge on any atom is 0.247 e. The van der Waals surface area contributed by atoms with Crippen molar-refractivity contribution in [3.05, 3.63) is 69.7 Å². The van der Waals surface area contributed by atoms with E-state index in [9.17, 15) is 9.59 Å². The molecule has 0 fully saturated rings. The highest BCUT2D eigenvalue weighted by Crippen LogP contribution is 2.30. The van der Waals surface area contributed by atoms with Crippen LogP contribution < -0.4 is 5.32 Å². The largest absolute Gasteiger partial charge is 0.350 e. The van der Waals surface area contributed by atoms with E-state index < -0.39 is 6.04 Å². The summed E-state index contributed by atoms with van der Waals surface area (Å²) in [6.07, 6.45) is 1.19. The highest BCUT2D eigenvalue weighted by atomic mass is 79.9. The van der Waals surface area contributed by atoms with Gasteiger partial charge in [-0.1, -0.05) is 59.3 Å². The summed E-state index contributed by atoms with van der Waals surface area (Å²) in [6.45, 7) is 3.05. The molecule has 25 heavy (non-hydrogen) atoms. The molecule has 130 valence electrons. The molecule has 0 aromatic heterocycles. The first-order valence-electron chi connectivity index (χ1n) is 8.49. The Balaban J connectivity index is 1.82. The number of benzene rings is 2. The smallest absolute Gasteiger partial charge is 0.247 e. The molecule has 2 aromatic rings. The Kier molecular flexibility index (Phi) is 5.53. The van der Waals surface area contributed by atoms with E-state index in [2.05, 4.69) is 21.2 Å². The number of nitrogens with one attached hydrogen (secondary N) is 1. The second-order valence-electron chi connectivity index (χ2n) is 6.21. The van der Waals surface area contributed by atoms with Crippen LogP contribution in [0.1, 0.15) is 36.1 Å². The number of amides is 2. The SMILES string of the molecule is CCCN1C(=O)Cc2ccccc2[C@H]1C(=O)NCc1ccc(Br)cc1. The zero-order valence-corrected chi connectivity index (χ0v) is 15.8. The molecule has 1 aliphatic heterocycles. The van der Waals surface area contributed by atoms with Crippen molar-refractivity contribution in [2.75, 3.05) is 6.54 Å². The second kappa shape index (κ2) is 7.83. The molecule has 1 heterocycles. The Bertz CT molecular complexity index is 774. The minimum Gasteiger partial charge on any atom is -0.350 e. The van der Waals surface area contributed by atoms with E-state index in [1.165, 1.54) is 0 Å². The third-order valence-electron chi connectivity index (χ3n) is 4.42. The molecule has 3 rings (SSSR count). The van der Waals surface area contributed by atoms with E-state index in [1.54, 1.807) is 4.90 Å². The van der Waals surface area contributed by atoms with Crippen LogP contribution in [0.2, 0.25) is 0 Å². The summed E-state index contributed by atoms with van der Waals surface area (Å²) in [6, 6.07) is 15.0. The first-order valence-corrected chi connectivity index (χ1v) is 9.29. The van der Waals surface area contributed by atoms with Crippen molar-refractivity contribution in [3.8, 4) is 0 Å². The van der Waals surface area contributed by atoms with Crippen LogP contribution in [0.25, 0.3) is 0 Å². The third kappa shape index (κ3) is 3.93. The van der Waals surface area contributed by atoms with Crippen LogP contribution in [0.15, 0.2) is 53.0 Å². The van der Waals surface area contributed by atoms with Gasteiger partial charge in [0.2, 0.25) is 11.8 Å². The maximum atomic E-state index is 12.9. The molecule has 2 aromatic carbocycles. The minimum atomic E-state index is -0.548. The van der Waals surface area contributed by atoms with Gasteiger partial charge in [-0.05, 0) is 35.2 Å². The average Bonchev–Trinajstić information content (AvgIpc) is 2.62. The van der Waals surface area contributed by atoms with Crippen LogP contribution in [-0.4, -0.2) is 23.3 Å². The normalized spacial score (nSPS) is 16.5. The van der Waals surface area contributed by atoms with Gasteiger partial charge in [-0.25, -0.2) is 0 Å². The van der Waals surface area contributed by atoms with Crippen molar-refractivity contribution >= 4 is 27.7 Å². The number of carbonyl (C=O) groups is 2. The molecular weight excluding hydrogens is 380 g/mol. The summed E-state index contributed by atoms with van der Waals surface area (Å²) in [5.41, 5.74) is 2.90. The zero-order chi connectivity index (χ0) is 17.8. The van der Waals surface area contributed by atoms with Crippen molar-refractivity contribution in [3.63, 3.8) is 0 Å². The van der Waals surface area contributed by atoms with Crippen LogP contribution in [0.3, 0.4) is 0 Å². The Morgan fingerprint density at radius 3 is 2.64 bits per heavy atom. The number of hydrogen-bond acceptors (Lipinski definition) is 2. The molecule has 1 atom stereocenters. The summed E-state index contributed by atoms with van der Waals surface area (Å²) >= 11 is 3.41. The molecule has 0 saturated carbocycles. The fraction of sp³-hybridized carbons (Fsp3) is 0.300. The summed E-state index contributed by atoms with van der Waals surface area (Å²) in [5.74, 6) is -0.110. The van der Waals surface area contributed by atoms with Gasteiger partial charge in [-0.3, -0.25) is 9.59 Å². The van der Waals surface area contributed by atoms with Gasteiger partial charge in [0.15, 0.2) is 0 Å². The van der Waals surface area contributed by atoms with E-state index in [-0.39, 0.29) is 11.8 Å². The van der Waals surface area contributed by atoms with E-state index >= 15 is 0 Å². The average molecular weight is 401 g/mol. The van der Waals surface area contributed by atoms with Crippen LogP contribution in [0, 0.1) is 0 Å². The highest BCUT2D eigenvalue weighted by Gasteiger charge is 2.36. The molecule has 5 heteroatoms. The fourth-order valence-electron chi connectivity index (χ4n) is 3.20. The molecule has 0 unspecified atom stereocenters. The summed E-state index contributed by atoms with van der Waals surface area (Å²) in [7, 11) is 0. The number of nitrogens with zero attached hydrogens (tertiary/aromatic N) is 1. The fourth-order valence-corrected chi connectivity index (χ4v) is 3.47. The van der Waals surface area contributed by atoms with Crippen molar-refractivity contribution in [1.82, 2.24) is 10.2 Å².